The number of aliphatic hydroxyl groups excluding tert-OH is 2. The minimum atomic E-state index is -0.991. The van der Waals surface area contributed by atoms with Crippen LogP contribution in [0.25, 0.3) is 0 Å². The first kappa shape index (κ1) is 14.0. The predicted octanol–water partition coefficient (Wildman–Crippen LogP) is 0.801. The predicted molar refractivity (Wildman–Crippen MR) is 67.3 cm³/mol. The van der Waals surface area contributed by atoms with E-state index in [2.05, 4.69) is 4.74 Å². The van der Waals surface area contributed by atoms with E-state index in [0.29, 0.717) is 6.42 Å². The second-order valence-electron chi connectivity index (χ2n) is 4.60. The Hall–Kier alpha value is -1.43. The molecule has 5 nitrogen and oxygen atoms in total. The number of ether oxygens (including phenoxy) is 2. The number of benzene rings is 1. The molecule has 104 valence electrons. The van der Waals surface area contributed by atoms with Gasteiger partial charge in [-0.15, -0.1) is 0 Å². The van der Waals surface area contributed by atoms with Gasteiger partial charge in [0.15, 0.2) is 0 Å². The Morgan fingerprint density at radius 2 is 1.95 bits per heavy atom. The lowest BCUT2D eigenvalue weighted by molar-refractivity contribution is -0.141. The van der Waals surface area contributed by atoms with Crippen LogP contribution < -0.4 is 0 Å². The molecular weight excluding hydrogens is 248 g/mol. The van der Waals surface area contributed by atoms with Gasteiger partial charge in [-0.2, -0.15) is 0 Å². The number of methoxy groups -OCH3 is 1. The number of carbonyl (C=O) groups is 1. The van der Waals surface area contributed by atoms with Crippen molar-refractivity contribution in [1.82, 2.24) is 0 Å². The molecule has 1 aromatic rings. The Bertz CT molecular complexity index is 419. The van der Waals surface area contributed by atoms with Crippen molar-refractivity contribution in [3.05, 3.63) is 35.9 Å². The molecular formula is C14H18O5. The Labute approximate surface area is 111 Å². The molecule has 1 heterocycles. The highest BCUT2D eigenvalue weighted by molar-refractivity contribution is 5.69. The van der Waals surface area contributed by atoms with E-state index in [0.717, 1.165) is 5.56 Å². The van der Waals surface area contributed by atoms with E-state index in [-0.39, 0.29) is 12.4 Å². The van der Waals surface area contributed by atoms with Crippen LogP contribution in [0.1, 0.15) is 24.5 Å². The van der Waals surface area contributed by atoms with E-state index >= 15 is 0 Å². The molecule has 2 rings (SSSR count). The molecule has 1 aromatic carbocycles. The van der Waals surface area contributed by atoms with Gasteiger partial charge in [-0.05, 0) is 12.0 Å². The third kappa shape index (κ3) is 3.12. The maximum atomic E-state index is 11.1. The number of esters is 1. The third-order valence-electron chi connectivity index (χ3n) is 3.35. The number of aliphatic hydroxyl groups is 2. The lowest BCUT2D eigenvalue weighted by Crippen LogP contribution is -2.30. The van der Waals surface area contributed by atoms with Crippen LogP contribution in [0.2, 0.25) is 0 Å². The normalized spacial score (nSPS) is 30.3. The fraction of sp³-hybridized carbons (Fsp3) is 0.500. The summed E-state index contributed by atoms with van der Waals surface area (Å²) in [7, 11) is 1.32. The van der Waals surface area contributed by atoms with Gasteiger partial charge in [-0.1, -0.05) is 30.3 Å². The van der Waals surface area contributed by atoms with Gasteiger partial charge in [0.05, 0.1) is 13.2 Å². The molecule has 0 unspecified atom stereocenters. The van der Waals surface area contributed by atoms with Crippen molar-refractivity contribution in [1.29, 1.82) is 0 Å². The summed E-state index contributed by atoms with van der Waals surface area (Å²) in [6.07, 6.45) is -2.60. The molecule has 0 bridgehead atoms. The molecule has 2 N–H and O–H groups in total. The Morgan fingerprint density at radius 1 is 1.26 bits per heavy atom. The summed E-state index contributed by atoms with van der Waals surface area (Å²) in [5, 5.41) is 20.0. The summed E-state index contributed by atoms with van der Waals surface area (Å²) >= 11 is 0. The molecule has 5 heteroatoms. The van der Waals surface area contributed by atoms with E-state index in [1.807, 2.05) is 30.3 Å². The third-order valence-corrected chi connectivity index (χ3v) is 3.35. The zero-order valence-corrected chi connectivity index (χ0v) is 10.7. The first-order valence-electron chi connectivity index (χ1n) is 6.27. The second kappa shape index (κ2) is 6.14. The van der Waals surface area contributed by atoms with Gasteiger partial charge in [0.2, 0.25) is 0 Å². The quantitative estimate of drug-likeness (QED) is 0.788. The Morgan fingerprint density at radius 3 is 2.58 bits per heavy atom. The lowest BCUT2D eigenvalue weighted by Gasteiger charge is -2.14. The molecule has 4 atom stereocenters. The van der Waals surface area contributed by atoms with Crippen LogP contribution in [0.5, 0.6) is 0 Å². The lowest BCUT2D eigenvalue weighted by atomic mass is 10.0. The summed E-state index contributed by atoms with van der Waals surface area (Å²) in [6.45, 7) is 0. The molecule has 1 saturated heterocycles. The van der Waals surface area contributed by atoms with Gasteiger partial charge >= 0.3 is 5.97 Å². The van der Waals surface area contributed by atoms with Crippen LogP contribution in [0.15, 0.2) is 30.3 Å². The number of hydrogen-bond acceptors (Lipinski definition) is 5. The standard InChI is InChI=1S/C14H18O5/c1-18-11(15)8-7-10-12(16)13(17)14(19-10)9-5-3-2-4-6-9/h2-6,10,12-14,16-17H,7-8H2,1H3/t10-,12+,13-,14-/m0/s1. The van der Waals surface area contributed by atoms with Crippen molar-refractivity contribution in [2.75, 3.05) is 7.11 Å². The van der Waals surface area contributed by atoms with Crippen molar-refractivity contribution in [2.24, 2.45) is 0 Å². The van der Waals surface area contributed by atoms with Gasteiger partial charge < -0.3 is 19.7 Å². The monoisotopic (exact) mass is 266 g/mol. The van der Waals surface area contributed by atoms with Crippen molar-refractivity contribution < 1.29 is 24.5 Å². The number of rotatable bonds is 4. The van der Waals surface area contributed by atoms with Crippen LogP contribution in [0, 0.1) is 0 Å². The van der Waals surface area contributed by atoms with Gasteiger partial charge in [-0.3, -0.25) is 4.79 Å². The molecule has 1 aliphatic rings. The Balaban J connectivity index is 2.00. The van der Waals surface area contributed by atoms with Crippen LogP contribution in [0.3, 0.4) is 0 Å². The molecule has 0 saturated carbocycles. The minimum absolute atomic E-state index is 0.159. The number of carbonyl (C=O) groups excluding carboxylic acids is 1. The summed E-state index contributed by atoms with van der Waals surface area (Å²) in [5.41, 5.74) is 0.814. The van der Waals surface area contributed by atoms with E-state index in [9.17, 15) is 15.0 Å². The molecule has 0 aliphatic carbocycles. The van der Waals surface area contributed by atoms with Crippen LogP contribution in [-0.2, 0) is 14.3 Å². The summed E-state index contributed by atoms with van der Waals surface area (Å²) in [4.78, 5) is 11.1. The topological polar surface area (TPSA) is 76.0 Å². The van der Waals surface area contributed by atoms with E-state index in [4.69, 9.17) is 4.74 Å². The highest BCUT2D eigenvalue weighted by Crippen LogP contribution is 2.35. The van der Waals surface area contributed by atoms with Crippen molar-refractivity contribution in [2.45, 2.75) is 37.3 Å². The highest BCUT2D eigenvalue weighted by Gasteiger charge is 2.43. The largest absolute Gasteiger partial charge is 0.469 e. The molecule has 0 amide bonds. The first-order valence-corrected chi connectivity index (χ1v) is 6.27. The fourth-order valence-corrected chi connectivity index (χ4v) is 2.27. The number of hydrogen-bond donors (Lipinski definition) is 2. The molecule has 0 radical (unpaired) electrons. The first-order chi connectivity index (χ1) is 9.13. The minimum Gasteiger partial charge on any atom is -0.469 e. The summed E-state index contributed by atoms with van der Waals surface area (Å²) in [6, 6.07) is 9.24. The van der Waals surface area contributed by atoms with Crippen molar-refractivity contribution in [3.8, 4) is 0 Å². The van der Waals surface area contributed by atoms with Crippen molar-refractivity contribution >= 4 is 5.97 Å². The highest BCUT2D eigenvalue weighted by atomic mass is 16.5. The summed E-state index contributed by atoms with van der Waals surface area (Å²) < 4.78 is 10.2. The zero-order chi connectivity index (χ0) is 13.8. The maximum Gasteiger partial charge on any atom is 0.305 e. The van der Waals surface area contributed by atoms with Crippen LogP contribution in [-0.4, -0.2) is 41.6 Å². The van der Waals surface area contributed by atoms with E-state index in [1.165, 1.54) is 7.11 Å². The van der Waals surface area contributed by atoms with E-state index in [1.54, 1.807) is 0 Å². The Kier molecular flexibility index (Phi) is 4.52. The molecule has 0 aromatic heterocycles. The molecule has 0 spiro atoms. The SMILES string of the molecule is COC(=O)CC[C@@H]1O[C@@H](c2ccccc2)[C@@H](O)[C@@H]1O. The molecule has 1 fully saturated rings. The average molecular weight is 266 g/mol. The maximum absolute atomic E-state index is 11.1. The van der Waals surface area contributed by atoms with Gasteiger partial charge in [0, 0.05) is 6.42 Å². The second-order valence-corrected chi connectivity index (χ2v) is 4.60. The van der Waals surface area contributed by atoms with E-state index < -0.39 is 24.4 Å². The summed E-state index contributed by atoms with van der Waals surface area (Å²) in [5.74, 6) is -0.353. The smallest absolute Gasteiger partial charge is 0.305 e. The molecule has 19 heavy (non-hydrogen) atoms. The van der Waals surface area contributed by atoms with Gasteiger partial charge in [-0.25, -0.2) is 0 Å². The van der Waals surface area contributed by atoms with Crippen molar-refractivity contribution in [3.63, 3.8) is 0 Å². The zero-order valence-electron chi connectivity index (χ0n) is 10.7. The van der Waals surface area contributed by atoms with Crippen LogP contribution in [0.4, 0.5) is 0 Å². The van der Waals surface area contributed by atoms with Gasteiger partial charge in [0.25, 0.3) is 0 Å². The fourth-order valence-electron chi connectivity index (χ4n) is 2.27. The average Bonchev–Trinajstić information content (AvgIpc) is 2.73. The molecule has 1 aliphatic heterocycles. The van der Waals surface area contributed by atoms with Gasteiger partial charge in [0.1, 0.15) is 18.3 Å². The van der Waals surface area contributed by atoms with Crippen LogP contribution >= 0.6 is 0 Å².